The number of nitrogens with zero attached hydrogens (tertiary/aromatic N) is 3. The second-order valence-corrected chi connectivity index (χ2v) is 11.0. The highest BCUT2D eigenvalue weighted by molar-refractivity contribution is 5.89. The van der Waals surface area contributed by atoms with Crippen LogP contribution in [0.3, 0.4) is 0 Å². The Labute approximate surface area is 193 Å². The van der Waals surface area contributed by atoms with Crippen molar-refractivity contribution in [1.82, 2.24) is 14.3 Å². The molecular weight excluding hydrogens is 418 g/mol. The first-order valence-corrected chi connectivity index (χ1v) is 12.4. The highest BCUT2D eigenvalue weighted by Crippen LogP contribution is 2.60. The van der Waals surface area contributed by atoms with Crippen molar-refractivity contribution < 1.29 is 14.3 Å². The highest BCUT2D eigenvalue weighted by atomic mass is 16.5. The second kappa shape index (κ2) is 7.67. The number of hydrogen-bond acceptors (Lipinski definition) is 5. The zero-order valence-electron chi connectivity index (χ0n) is 19.2. The number of esters is 1. The Morgan fingerprint density at radius 3 is 2.52 bits per heavy atom. The molecule has 1 saturated heterocycles. The van der Waals surface area contributed by atoms with Crippen molar-refractivity contribution in [2.45, 2.75) is 70.9 Å². The third-order valence-electron chi connectivity index (χ3n) is 8.50. The third-order valence-corrected chi connectivity index (χ3v) is 8.50. The Kier molecular flexibility index (Phi) is 4.85. The molecule has 33 heavy (non-hydrogen) atoms. The summed E-state index contributed by atoms with van der Waals surface area (Å²) in [5.74, 6) is 1.88. The summed E-state index contributed by atoms with van der Waals surface area (Å²) in [5, 5.41) is 0. The van der Waals surface area contributed by atoms with Crippen molar-refractivity contribution in [2.75, 3.05) is 6.54 Å². The van der Waals surface area contributed by atoms with E-state index in [-0.39, 0.29) is 29.5 Å². The van der Waals surface area contributed by atoms with Gasteiger partial charge in [0.15, 0.2) is 0 Å². The Balaban J connectivity index is 1.16. The minimum atomic E-state index is -0.519. The molecule has 4 bridgehead atoms. The van der Waals surface area contributed by atoms with Crippen LogP contribution < -0.4 is 5.56 Å². The van der Waals surface area contributed by atoms with Crippen LogP contribution in [0.25, 0.3) is 5.65 Å². The number of fused-ring (bicyclic) bond motifs is 1. The van der Waals surface area contributed by atoms with Crippen LogP contribution in [0.15, 0.2) is 29.2 Å². The quantitative estimate of drug-likeness (QED) is 0.670. The summed E-state index contributed by atoms with van der Waals surface area (Å²) in [6, 6.07) is 4.57. The number of pyridine rings is 1. The summed E-state index contributed by atoms with van der Waals surface area (Å²) < 4.78 is 7.09. The smallest absolute Gasteiger partial charge is 0.329 e. The van der Waals surface area contributed by atoms with E-state index in [2.05, 4.69) is 4.98 Å². The van der Waals surface area contributed by atoms with E-state index in [1.165, 1.54) is 29.7 Å². The molecule has 7 rings (SSSR count). The van der Waals surface area contributed by atoms with Crippen LogP contribution >= 0.6 is 0 Å². The molecular formula is C26H31N3O4. The van der Waals surface area contributed by atoms with Crippen molar-refractivity contribution in [3.05, 3.63) is 46.0 Å². The first-order valence-electron chi connectivity index (χ1n) is 12.4. The van der Waals surface area contributed by atoms with E-state index < -0.39 is 6.04 Å². The lowest BCUT2D eigenvalue weighted by molar-refractivity contribution is -0.166. The molecule has 7 heteroatoms. The van der Waals surface area contributed by atoms with Gasteiger partial charge in [0.25, 0.3) is 5.56 Å². The number of ether oxygens (including phenoxy) is 1. The van der Waals surface area contributed by atoms with Gasteiger partial charge in [-0.15, -0.1) is 0 Å². The van der Waals surface area contributed by atoms with Gasteiger partial charge >= 0.3 is 5.97 Å². The minimum absolute atomic E-state index is 0.0612. The van der Waals surface area contributed by atoms with Crippen molar-refractivity contribution >= 4 is 17.5 Å². The maximum atomic E-state index is 13.8. The fourth-order valence-electron chi connectivity index (χ4n) is 7.51. The number of aromatic nitrogens is 2. The molecule has 0 radical (unpaired) electrons. The van der Waals surface area contributed by atoms with Gasteiger partial charge in [0.2, 0.25) is 5.91 Å². The summed E-state index contributed by atoms with van der Waals surface area (Å²) in [6.07, 6.45) is 10.1. The van der Waals surface area contributed by atoms with E-state index in [1.54, 1.807) is 12.3 Å². The van der Waals surface area contributed by atoms with Crippen molar-refractivity contribution in [3.8, 4) is 0 Å². The number of carbonyl (C=O) groups is 2. The Morgan fingerprint density at radius 1 is 1.12 bits per heavy atom. The summed E-state index contributed by atoms with van der Waals surface area (Å²) >= 11 is 0. The molecule has 5 aliphatic rings. The average molecular weight is 450 g/mol. The SMILES string of the molecule is Cc1ccc2nc(COC(=O)C3CCCN3C(=O)C34CC5CC(CC(C5)C3)C4)cc(=O)n2c1. The maximum absolute atomic E-state index is 13.8. The normalized spacial score (nSPS) is 32.5. The molecule has 3 heterocycles. The van der Waals surface area contributed by atoms with Crippen LogP contribution in [0.5, 0.6) is 0 Å². The van der Waals surface area contributed by atoms with Crippen molar-refractivity contribution in [2.24, 2.45) is 23.2 Å². The first-order chi connectivity index (χ1) is 15.9. The summed E-state index contributed by atoms with van der Waals surface area (Å²) in [5.41, 5.74) is 1.47. The van der Waals surface area contributed by atoms with Crippen LogP contribution in [-0.2, 0) is 20.9 Å². The molecule has 2 aromatic heterocycles. The predicted octanol–water partition coefficient (Wildman–Crippen LogP) is 3.25. The van der Waals surface area contributed by atoms with Gasteiger partial charge in [-0.1, -0.05) is 6.07 Å². The van der Waals surface area contributed by atoms with Crippen LogP contribution in [0.4, 0.5) is 0 Å². The van der Waals surface area contributed by atoms with E-state index in [0.29, 0.717) is 42.1 Å². The predicted molar refractivity (Wildman–Crippen MR) is 121 cm³/mol. The third kappa shape index (κ3) is 3.56. The van der Waals surface area contributed by atoms with Gasteiger partial charge in [0.1, 0.15) is 18.3 Å². The summed E-state index contributed by atoms with van der Waals surface area (Å²) in [7, 11) is 0. The van der Waals surface area contributed by atoms with Crippen LogP contribution in [0.2, 0.25) is 0 Å². The maximum Gasteiger partial charge on any atom is 0.329 e. The van der Waals surface area contributed by atoms with Crippen molar-refractivity contribution in [1.29, 1.82) is 0 Å². The molecule has 4 saturated carbocycles. The van der Waals surface area contributed by atoms with Crippen LogP contribution in [0, 0.1) is 30.1 Å². The van der Waals surface area contributed by atoms with E-state index >= 15 is 0 Å². The molecule has 1 aliphatic heterocycles. The molecule has 5 fully saturated rings. The van der Waals surface area contributed by atoms with E-state index in [9.17, 15) is 14.4 Å². The highest BCUT2D eigenvalue weighted by Gasteiger charge is 2.57. The number of hydrogen-bond donors (Lipinski definition) is 0. The fraction of sp³-hybridized carbons (Fsp3) is 0.615. The second-order valence-electron chi connectivity index (χ2n) is 11.0. The topological polar surface area (TPSA) is 81.0 Å². The zero-order valence-corrected chi connectivity index (χ0v) is 19.2. The molecule has 1 unspecified atom stereocenters. The number of amides is 1. The van der Waals surface area contributed by atoms with E-state index in [4.69, 9.17) is 4.74 Å². The monoisotopic (exact) mass is 449 g/mol. The summed E-state index contributed by atoms with van der Waals surface area (Å²) in [4.78, 5) is 45.5. The number of rotatable bonds is 4. The first kappa shape index (κ1) is 20.9. The van der Waals surface area contributed by atoms with Gasteiger partial charge in [-0.05, 0) is 87.7 Å². The molecule has 0 N–H and O–H groups in total. The minimum Gasteiger partial charge on any atom is -0.458 e. The van der Waals surface area contributed by atoms with Gasteiger partial charge in [0, 0.05) is 18.8 Å². The van der Waals surface area contributed by atoms with Gasteiger partial charge < -0.3 is 9.64 Å². The Hall–Kier alpha value is -2.70. The largest absolute Gasteiger partial charge is 0.458 e. The van der Waals surface area contributed by atoms with Gasteiger partial charge in [-0.25, -0.2) is 9.78 Å². The Morgan fingerprint density at radius 2 is 1.82 bits per heavy atom. The lowest BCUT2D eigenvalue weighted by Gasteiger charge is -2.56. The van der Waals surface area contributed by atoms with Gasteiger partial charge in [0.05, 0.1) is 11.1 Å². The molecule has 2 aromatic rings. The van der Waals surface area contributed by atoms with E-state index in [1.807, 2.05) is 17.9 Å². The number of aryl methyl sites for hydroxylation is 1. The lowest BCUT2D eigenvalue weighted by atomic mass is 9.49. The van der Waals surface area contributed by atoms with Gasteiger partial charge in [-0.3, -0.25) is 14.0 Å². The summed E-state index contributed by atoms with van der Waals surface area (Å²) in [6.45, 7) is 2.49. The Bertz CT molecular complexity index is 1150. The fourth-order valence-corrected chi connectivity index (χ4v) is 7.51. The molecule has 7 nitrogen and oxygen atoms in total. The van der Waals surface area contributed by atoms with Crippen LogP contribution in [0.1, 0.15) is 62.6 Å². The molecule has 0 aromatic carbocycles. The number of carbonyl (C=O) groups excluding carboxylic acids is 2. The van der Waals surface area contributed by atoms with Crippen LogP contribution in [-0.4, -0.2) is 38.7 Å². The average Bonchev–Trinajstić information content (AvgIpc) is 3.26. The molecule has 1 amide bonds. The molecule has 1 atom stereocenters. The molecule has 0 spiro atoms. The molecule has 4 aliphatic carbocycles. The van der Waals surface area contributed by atoms with Gasteiger partial charge in [-0.2, -0.15) is 0 Å². The standard InChI is InChI=1S/C26H31N3O4/c1-16-4-5-22-27-20(10-23(30)29(22)14-16)15-33-24(31)21-3-2-6-28(21)25(32)26-11-17-7-18(12-26)9-19(8-17)13-26/h4-5,10,14,17-19,21H,2-3,6-9,11-13,15H2,1H3. The number of likely N-dealkylation sites (tertiary alicyclic amines) is 1. The lowest BCUT2D eigenvalue weighted by Crippen LogP contribution is -2.56. The molecule has 174 valence electrons. The van der Waals surface area contributed by atoms with E-state index in [0.717, 1.165) is 31.2 Å². The van der Waals surface area contributed by atoms with Crippen molar-refractivity contribution in [3.63, 3.8) is 0 Å². The zero-order chi connectivity index (χ0) is 22.7.